The first kappa shape index (κ1) is 16.2. The Labute approximate surface area is 129 Å². The zero-order chi connectivity index (χ0) is 16.3. The Kier molecular flexibility index (Phi) is 4.65. The highest BCUT2D eigenvalue weighted by Crippen LogP contribution is 2.23. The first-order valence-electron chi connectivity index (χ1n) is 7.30. The fourth-order valence-corrected chi connectivity index (χ4v) is 2.30. The quantitative estimate of drug-likeness (QED) is 0.844. The Hall–Kier alpha value is -2.15. The predicted octanol–water partition coefficient (Wildman–Crippen LogP) is 1.38. The third kappa shape index (κ3) is 3.36. The molecule has 1 amide bonds. The molecule has 0 radical (unpaired) electrons. The number of carbonyl (C=O) groups is 1. The zero-order valence-corrected chi connectivity index (χ0v) is 13.5. The number of hydrogen-bond acceptors (Lipinski definition) is 4. The monoisotopic (exact) mass is 305 g/mol. The van der Waals surface area contributed by atoms with Crippen molar-refractivity contribution in [3.05, 3.63) is 24.2 Å². The number of H-pyrrole nitrogens is 1. The summed E-state index contributed by atoms with van der Waals surface area (Å²) in [5.74, 6) is -0.130. The van der Waals surface area contributed by atoms with Crippen LogP contribution in [0.3, 0.4) is 0 Å². The number of nitrogens with one attached hydrogen (secondary N) is 1. The summed E-state index contributed by atoms with van der Waals surface area (Å²) < 4.78 is 1.79. The van der Waals surface area contributed by atoms with Crippen LogP contribution in [0.4, 0.5) is 0 Å². The van der Waals surface area contributed by atoms with E-state index in [0.717, 1.165) is 12.1 Å². The maximum atomic E-state index is 12.6. The summed E-state index contributed by atoms with van der Waals surface area (Å²) in [6.45, 7) is 7.08. The van der Waals surface area contributed by atoms with Gasteiger partial charge in [-0.2, -0.15) is 10.2 Å². The number of amides is 1. The Bertz CT molecular complexity index is 644. The van der Waals surface area contributed by atoms with Crippen LogP contribution in [0.1, 0.15) is 31.1 Å². The largest absolute Gasteiger partial charge is 0.396 e. The molecule has 2 rings (SSSR count). The van der Waals surface area contributed by atoms with Gasteiger partial charge in [0.25, 0.3) is 5.91 Å². The van der Waals surface area contributed by atoms with Crippen molar-refractivity contribution in [1.29, 1.82) is 0 Å². The van der Waals surface area contributed by atoms with Crippen molar-refractivity contribution < 1.29 is 9.90 Å². The van der Waals surface area contributed by atoms with Crippen LogP contribution in [-0.4, -0.2) is 56.1 Å². The molecule has 7 nitrogen and oxygen atoms in total. The lowest BCUT2D eigenvalue weighted by Crippen LogP contribution is -2.37. The van der Waals surface area contributed by atoms with Crippen molar-refractivity contribution in [2.75, 3.05) is 20.2 Å². The van der Waals surface area contributed by atoms with Gasteiger partial charge in [0.05, 0.1) is 23.7 Å². The van der Waals surface area contributed by atoms with Gasteiger partial charge >= 0.3 is 0 Å². The van der Waals surface area contributed by atoms with Crippen molar-refractivity contribution in [2.45, 2.75) is 27.3 Å². The molecule has 2 heterocycles. The van der Waals surface area contributed by atoms with Gasteiger partial charge in [0.2, 0.25) is 0 Å². The van der Waals surface area contributed by atoms with Crippen LogP contribution < -0.4 is 0 Å². The lowest BCUT2D eigenvalue weighted by atomic mass is 9.94. The molecule has 0 atom stereocenters. The molecule has 0 bridgehead atoms. The summed E-state index contributed by atoms with van der Waals surface area (Å²) in [7, 11) is 1.73. The Morgan fingerprint density at radius 3 is 2.77 bits per heavy atom. The normalized spacial score (nSPS) is 11.7. The molecular weight excluding hydrogens is 282 g/mol. The molecule has 22 heavy (non-hydrogen) atoms. The van der Waals surface area contributed by atoms with Crippen molar-refractivity contribution in [2.24, 2.45) is 5.41 Å². The van der Waals surface area contributed by atoms with Gasteiger partial charge < -0.3 is 10.0 Å². The summed E-state index contributed by atoms with van der Waals surface area (Å²) in [6, 6.07) is 0. The van der Waals surface area contributed by atoms with Crippen molar-refractivity contribution in [3.8, 4) is 11.3 Å². The molecule has 0 spiro atoms. The lowest BCUT2D eigenvalue weighted by Gasteiger charge is -2.28. The van der Waals surface area contributed by atoms with E-state index in [1.54, 1.807) is 22.8 Å². The first-order chi connectivity index (χ1) is 10.4. The van der Waals surface area contributed by atoms with Crippen LogP contribution in [-0.2, 0) is 6.54 Å². The molecular formula is C15H23N5O2. The fraction of sp³-hybridized carbons (Fsp3) is 0.533. The van der Waals surface area contributed by atoms with Crippen molar-refractivity contribution >= 4 is 5.91 Å². The first-order valence-corrected chi connectivity index (χ1v) is 7.30. The average Bonchev–Trinajstić information content (AvgIpc) is 3.14. The SMILES string of the molecule is CCn1cc(-c2[nH]ncc2C(=O)N(C)CC(C)(C)CO)cn1. The van der Waals surface area contributed by atoms with E-state index >= 15 is 0 Å². The van der Waals surface area contributed by atoms with E-state index in [4.69, 9.17) is 0 Å². The summed E-state index contributed by atoms with van der Waals surface area (Å²) in [5, 5.41) is 20.4. The van der Waals surface area contributed by atoms with E-state index in [-0.39, 0.29) is 17.9 Å². The third-order valence-electron chi connectivity index (χ3n) is 3.56. The van der Waals surface area contributed by atoms with Gasteiger partial charge in [0.1, 0.15) is 0 Å². The minimum absolute atomic E-state index is 0.0200. The molecule has 2 aromatic heterocycles. The topological polar surface area (TPSA) is 87.0 Å². The molecule has 0 aliphatic heterocycles. The van der Waals surface area contributed by atoms with E-state index in [9.17, 15) is 9.90 Å². The van der Waals surface area contributed by atoms with E-state index in [0.29, 0.717) is 17.8 Å². The molecule has 0 aromatic carbocycles. The molecule has 0 unspecified atom stereocenters. The number of hydrogen-bond donors (Lipinski definition) is 2. The number of carbonyl (C=O) groups excluding carboxylic acids is 1. The van der Waals surface area contributed by atoms with Gasteiger partial charge in [-0.05, 0) is 6.92 Å². The van der Waals surface area contributed by atoms with Crippen LogP contribution in [0.25, 0.3) is 11.3 Å². The molecule has 0 saturated heterocycles. The Morgan fingerprint density at radius 2 is 2.18 bits per heavy atom. The number of aliphatic hydroxyl groups is 1. The molecule has 2 N–H and O–H groups in total. The molecule has 7 heteroatoms. The zero-order valence-electron chi connectivity index (χ0n) is 13.5. The van der Waals surface area contributed by atoms with Crippen molar-refractivity contribution in [3.63, 3.8) is 0 Å². The summed E-state index contributed by atoms with van der Waals surface area (Å²) in [4.78, 5) is 14.2. The third-order valence-corrected chi connectivity index (χ3v) is 3.56. The van der Waals surface area contributed by atoms with Crippen LogP contribution in [0.2, 0.25) is 0 Å². The minimum Gasteiger partial charge on any atom is -0.396 e. The molecule has 0 fully saturated rings. The van der Waals surface area contributed by atoms with E-state index in [2.05, 4.69) is 15.3 Å². The lowest BCUT2D eigenvalue weighted by molar-refractivity contribution is 0.0664. The standard InChI is InChI=1S/C15H23N5O2/c1-5-20-8-11(6-17-20)13-12(7-16-18-13)14(22)19(4)9-15(2,3)10-21/h6-8,21H,5,9-10H2,1-4H3,(H,16,18). The maximum Gasteiger partial charge on any atom is 0.257 e. The number of rotatable bonds is 6. The number of aryl methyl sites for hydroxylation is 1. The van der Waals surface area contributed by atoms with E-state index in [1.807, 2.05) is 27.0 Å². The second-order valence-corrected chi connectivity index (χ2v) is 6.23. The van der Waals surface area contributed by atoms with Gasteiger partial charge in [-0.3, -0.25) is 14.6 Å². The van der Waals surface area contributed by atoms with Gasteiger partial charge in [0.15, 0.2) is 0 Å². The minimum atomic E-state index is -0.346. The summed E-state index contributed by atoms with van der Waals surface area (Å²) in [5.41, 5.74) is 1.66. The molecule has 120 valence electrons. The van der Waals surface area contributed by atoms with Crippen LogP contribution >= 0.6 is 0 Å². The number of aromatic amines is 1. The van der Waals surface area contributed by atoms with Crippen LogP contribution in [0.5, 0.6) is 0 Å². The smallest absolute Gasteiger partial charge is 0.257 e. The van der Waals surface area contributed by atoms with Crippen LogP contribution in [0, 0.1) is 5.41 Å². The van der Waals surface area contributed by atoms with Gasteiger partial charge in [-0.1, -0.05) is 13.8 Å². The van der Waals surface area contributed by atoms with Gasteiger partial charge in [0, 0.05) is 43.9 Å². The van der Waals surface area contributed by atoms with Crippen LogP contribution in [0.15, 0.2) is 18.6 Å². The molecule has 0 aliphatic rings. The highest BCUT2D eigenvalue weighted by Gasteiger charge is 2.25. The fourth-order valence-electron chi connectivity index (χ4n) is 2.30. The molecule has 0 saturated carbocycles. The second-order valence-electron chi connectivity index (χ2n) is 6.23. The Morgan fingerprint density at radius 1 is 1.45 bits per heavy atom. The average molecular weight is 305 g/mol. The number of aromatic nitrogens is 4. The number of nitrogens with zero attached hydrogens (tertiary/aromatic N) is 4. The van der Waals surface area contributed by atoms with E-state index < -0.39 is 0 Å². The van der Waals surface area contributed by atoms with Gasteiger partial charge in [-0.25, -0.2) is 0 Å². The summed E-state index contributed by atoms with van der Waals surface area (Å²) in [6.07, 6.45) is 5.12. The highest BCUT2D eigenvalue weighted by atomic mass is 16.3. The Balaban J connectivity index is 2.23. The van der Waals surface area contributed by atoms with Crippen molar-refractivity contribution in [1.82, 2.24) is 24.9 Å². The maximum absolute atomic E-state index is 12.6. The van der Waals surface area contributed by atoms with E-state index in [1.165, 1.54) is 6.20 Å². The second kappa shape index (κ2) is 6.31. The summed E-state index contributed by atoms with van der Waals surface area (Å²) >= 11 is 0. The predicted molar refractivity (Wildman–Crippen MR) is 83.3 cm³/mol. The molecule has 2 aromatic rings. The van der Waals surface area contributed by atoms with Gasteiger partial charge in [-0.15, -0.1) is 0 Å². The number of aliphatic hydroxyl groups excluding tert-OH is 1. The molecule has 0 aliphatic carbocycles. The highest BCUT2D eigenvalue weighted by molar-refractivity contribution is 5.99.